The molecule has 1 aliphatic rings. The van der Waals surface area contributed by atoms with Crippen molar-refractivity contribution < 1.29 is 27.5 Å². The number of carbonyl (C=O) groups excluding carboxylic acids is 2. The monoisotopic (exact) mass is 392 g/mol. The molecule has 9 heteroatoms. The molecule has 1 heterocycles. The van der Waals surface area contributed by atoms with Crippen molar-refractivity contribution in [2.24, 2.45) is 5.92 Å². The van der Waals surface area contributed by atoms with Gasteiger partial charge in [-0.25, -0.2) is 0 Å². The van der Waals surface area contributed by atoms with E-state index < -0.39 is 17.6 Å². The lowest BCUT2D eigenvalue weighted by Gasteiger charge is -2.26. The first-order valence-corrected chi connectivity index (χ1v) is 8.58. The van der Waals surface area contributed by atoms with Gasteiger partial charge in [0.1, 0.15) is 0 Å². The lowest BCUT2D eigenvalue weighted by molar-refractivity contribution is -0.137. The van der Waals surface area contributed by atoms with Crippen LogP contribution in [0.1, 0.15) is 25.3 Å². The van der Waals surface area contributed by atoms with Crippen molar-refractivity contribution in [1.29, 1.82) is 0 Å². The molecule has 0 unspecified atom stereocenters. The summed E-state index contributed by atoms with van der Waals surface area (Å²) in [5.41, 5.74) is -1.27. The molecule has 0 bridgehead atoms. The molecular formula is C17H20ClF3N2O3. The summed E-state index contributed by atoms with van der Waals surface area (Å²) in [6, 6.07) is 3.24. The average molecular weight is 393 g/mol. The second-order valence-electron chi connectivity index (χ2n) is 6.01. The van der Waals surface area contributed by atoms with Crippen molar-refractivity contribution in [2.75, 3.05) is 31.2 Å². The van der Waals surface area contributed by atoms with Crippen LogP contribution in [0.2, 0.25) is 5.02 Å². The quantitative estimate of drug-likeness (QED) is 0.836. The van der Waals surface area contributed by atoms with Crippen molar-refractivity contribution in [2.45, 2.75) is 25.9 Å². The third-order valence-corrected chi connectivity index (χ3v) is 4.40. The molecule has 1 N–H and O–H groups in total. The van der Waals surface area contributed by atoms with Crippen LogP contribution in [0.4, 0.5) is 18.9 Å². The molecule has 26 heavy (non-hydrogen) atoms. The highest BCUT2D eigenvalue weighted by Crippen LogP contribution is 2.38. The summed E-state index contributed by atoms with van der Waals surface area (Å²) in [5.74, 6) is -0.905. The molecule has 5 nitrogen and oxygen atoms in total. The molecule has 0 saturated carbocycles. The highest BCUT2D eigenvalue weighted by Gasteiger charge is 2.36. The van der Waals surface area contributed by atoms with Crippen LogP contribution in [-0.4, -0.2) is 38.1 Å². The average Bonchev–Trinajstić information content (AvgIpc) is 2.58. The number of alkyl halides is 3. The first-order chi connectivity index (χ1) is 12.2. The van der Waals surface area contributed by atoms with Crippen LogP contribution < -0.4 is 10.2 Å². The number of nitrogens with zero attached hydrogens (tertiary/aromatic N) is 1. The molecule has 1 aliphatic heterocycles. The van der Waals surface area contributed by atoms with E-state index >= 15 is 0 Å². The van der Waals surface area contributed by atoms with E-state index in [9.17, 15) is 22.8 Å². The molecule has 0 atom stereocenters. The van der Waals surface area contributed by atoms with Crippen LogP contribution >= 0.6 is 11.6 Å². The predicted molar refractivity (Wildman–Crippen MR) is 91.0 cm³/mol. The number of hydrogen-bond acceptors (Lipinski definition) is 3. The van der Waals surface area contributed by atoms with Gasteiger partial charge in [-0.15, -0.1) is 0 Å². The molecule has 1 aromatic carbocycles. The van der Waals surface area contributed by atoms with Crippen LogP contribution in [0.3, 0.4) is 0 Å². The third kappa shape index (κ3) is 5.35. The fourth-order valence-electron chi connectivity index (χ4n) is 2.81. The number of anilines is 1. The summed E-state index contributed by atoms with van der Waals surface area (Å²) in [4.78, 5) is 25.0. The Labute approximate surface area is 154 Å². The molecule has 0 aromatic heterocycles. The Hall–Kier alpha value is -1.80. The molecule has 1 fully saturated rings. The third-order valence-electron chi connectivity index (χ3n) is 4.16. The SMILES string of the molecule is CC(=O)N(CCNC(=O)C1CCOCC1)c1ccc(Cl)cc1C(F)(F)F. The van der Waals surface area contributed by atoms with E-state index in [1.165, 1.54) is 13.0 Å². The summed E-state index contributed by atoms with van der Waals surface area (Å²) >= 11 is 5.67. The van der Waals surface area contributed by atoms with E-state index in [1.807, 2.05) is 0 Å². The second-order valence-corrected chi connectivity index (χ2v) is 6.44. The molecule has 144 valence electrons. The highest BCUT2D eigenvalue weighted by atomic mass is 35.5. The maximum Gasteiger partial charge on any atom is 0.418 e. The Morgan fingerprint density at radius 1 is 1.31 bits per heavy atom. The van der Waals surface area contributed by atoms with Crippen molar-refractivity contribution in [3.05, 3.63) is 28.8 Å². The maximum atomic E-state index is 13.3. The van der Waals surface area contributed by atoms with Gasteiger partial charge in [0.2, 0.25) is 11.8 Å². The fraction of sp³-hybridized carbons (Fsp3) is 0.529. The van der Waals surface area contributed by atoms with Crippen LogP contribution in [0.5, 0.6) is 0 Å². The lowest BCUT2D eigenvalue weighted by atomic mass is 9.99. The molecule has 2 amide bonds. The molecular weight excluding hydrogens is 373 g/mol. The fourth-order valence-corrected chi connectivity index (χ4v) is 2.99. The van der Waals surface area contributed by atoms with Gasteiger partial charge in [0, 0.05) is 44.2 Å². The van der Waals surface area contributed by atoms with Gasteiger partial charge in [0.05, 0.1) is 11.3 Å². The van der Waals surface area contributed by atoms with Gasteiger partial charge in [-0.3, -0.25) is 9.59 Å². The molecule has 2 rings (SSSR count). The van der Waals surface area contributed by atoms with Crippen LogP contribution in [0.25, 0.3) is 0 Å². The summed E-state index contributed by atoms with van der Waals surface area (Å²) < 4.78 is 45.0. The Bertz CT molecular complexity index is 661. The van der Waals surface area contributed by atoms with Crippen molar-refractivity contribution in [3.8, 4) is 0 Å². The molecule has 0 aliphatic carbocycles. The van der Waals surface area contributed by atoms with E-state index in [-0.39, 0.29) is 35.6 Å². The molecule has 0 spiro atoms. The maximum absolute atomic E-state index is 13.3. The van der Waals surface area contributed by atoms with E-state index in [0.717, 1.165) is 17.0 Å². The number of hydrogen-bond donors (Lipinski definition) is 1. The summed E-state index contributed by atoms with van der Waals surface area (Å²) in [6.45, 7) is 2.18. The van der Waals surface area contributed by atoms with Gasteiger partial charge < -0.3 is 15.0 Å². The van der Waals surface area contributed by atoms with Gasteiger partial charge in [0.15, 0.2) is 0 Å². The van der Waals surface area contributed by atoms with Crippen LogP contribution in [0.15, 0.2) is 18.2 Å². The standard InChI is InChI=1S/C17H20ClF3N2O3/c1-11(24)23(7-6-22-16(25)12-4-8-26-9-5-12)15-3-2-13(18)10-14(15)17(19,20)21/h2-3,10,12H,4-9H2,1H3,(H,22,25). The largest absolute Gasteiger partial charge is 0.418 e. The van der Waals surface area contributed by atoms with E-state index in [4.69, 9.17) is 16.3 Å². The van der Waals surface area contributed by atoms with Gasteiger partial charge >= 0.3 is 6.18 Å². The zero-order valence-electron chi connectivity index (χ0n) is 14.2. The minimum atomic E-state index is -4.65. The minimum Gasteiger partial charge on any atom is -0.381 e. The summed E-state index contributed by atoms with van der Waals surface area (Å²) in [7, 11) is 0. The zero-order chi connectivity index (χ0) is 19.3. The van der Waals surface area contributed by atoms with Gasteiger partial charge in [0.25, 0.3) is 0 Å². The Morgan fingerprint density at radius 2 is 1.96 bits per heavy atom. The summed E-state index contributed by atoms with van der Waals surface area (Å²) in [6.07, 6.45) is -3.44. The number of amides is 2. The molecule has 0 radical (unpaired) electrons. The van der Waals surface area contributed by atoms with E-state index in [0.29, 0.717) is 26.1 Å². The van der Waals surface area contributed by atoms with Crippen molar-refractivity contribution >= 4 is 29.1 Å². The van der Waals surface area contributed by atoms with Crippen molar-refractivity contribution in [1.82, 2.24) is 5.32 Å². The minimum absolute atomic E-state index is 0.0513. The number of halogens is 4. The van der Waals surface area contributed by atoms with Gasteiger partial charge in [-0.05, 0) is 31.0 Å². The second kappa shape index (κ2) is 8.73. The smallest absolute Gasteiger partial charge is 0.381 e. The highest BCUT2D eigenvalue weighted by molar-refractivity contribution is 6.30. The lowest BCUT2D eigenvalue weighted by Crippen LogP contribution is -2.41. The predicted octanol–water partition coefficient (Wildman–Crippen LogP) is 3.25. The normalized spacial score (nSPS) is 15.6. The Kier molecular flexibility index (Phi) is 6.88. The number of rotatable bonds is 5. The number of carbonyl (C=O) groups is 2. The van der Waals surface area contributed by atoms with E-state index in [2.05, 4.69) is 5.32 Å². The topological polar surface area (TPSA) is 58.6 Å². The van der Waals surface area contributed by atoms with Gasteiger partial charge in [-0.2, -0.15) is 13.2 Å². The first kappa shape index (κ1) is 20.5. The van der Waals surface area contributed by atoms with Crippen LogP contribution in [-0.2, 0) is 20.5 Å². The Balaban J connectivity index is 2.08. The first-order valence-electron chi connectivity index (χ1n) is 8.20. The zero-order valence-corrected chi connectivity index (χ0v) is 15.0. The van der Waals surface area contributed by atoms with Crippen LogP contribution in [0, 0.1) is 5.92 Å². The molecule has 1 saturated heterocycles. The Morgan fingerprint density at radius 3 is 2.54 bits per heavy atom. The van der Waals surface area contributed by atoms with Gasteiger partial charge in [-0.1, -0.05) is 11.6 Å². The summed E-state index contributed by atoms with van der Waals surface area (Å²) in [5, 5.41) is 2.61. The number of benzene rings is 1. The van der Waals surface area contributed by atoms with E-state index in [1.54, 1.807) is 0 Å². The number of ether oxygens (including phenoxy) is 1. The molecule has 1 aromatic rings. The number of nitrogens with one attached hydrogen (secondary N) is 1. The van der Waals surface area contributed by atoms with Crippen molar-refractivity contribution in [3.63, 3.8) is 0 Å².